The number of H-pyrrole nitrogens is 1. The van der Waals surface area contributed by atoms with Gasteiger partial charge in [0.25, 0.3) is 5.56 Å². The van der Waals surface area contributed by atoms with Gasteiger partial charge in [0, 0.05) is 29.6 Å². The van der Waals surface area contributed by atoms with Crippen LogP contribution in [-0.2, 0) is 9.59 Å². The van der Waals surface area contributed by atoms with Crippen molar-refractivity contribution < 1.29 is 14.0 Å². The summed E-state index contributed by atoms with van der Waals surface area (Å²) < 4.78 is 15.2. The number of benzene rings is 1. The van der Waals surface area contributed by atoms with E-state index in [1.54, 1.807) is 30.5 Å². The number of carbonyl (C=O) groups is 2. The van der Waals surface area contributed by atoms with Gasteiger partial charge in [-0.3, -0.25) is 9.59 Å². The Morgan fingerprint density at radius 1 is 1.07 bits per heavy atom. The van der Waals surface area contributed by atoms with Gasteiger partial charge < -0.3 is 20.4 Å². The molecule has 40 heavy (non-hydrogen) atoms. The fraction of sp³-hybridized carbons (Fsp3) is 0.323. The van der Waals surface area contributed by atoms with Crippen molar-refractivity contribution in [3.8, 4) is 11.3 Å². The van der Waals surface area contributed by atoms with Crippen molar-refractivity contribution in [2.24, 2.45) is 5.92 Å². The molecule has 4 aromatic rings. The number of hydrogen-bond acceptors (Lipinski definition) is 6. The van der Waals surface area contributed by atoms with E-state index in [4.69, 9.17) is 4.79 Å². The molecule has 0 radical (unpaired) electrons. The van der Waals surface area contributed by atoms with E-state index in [0.717, 1.165) is 44.0 Å². The zero-order valence-corrected chi connectivity index (χ0v) is 23.4. The SMILES string of the molecule is CC.CC=O.Cc1ccc(Nc2cc(-c3ccc(NC(=O)C4CCCCC4)cc3F)nc3cc[nH]c(=O)c23)nc1. The monoisotopic (exact) mass is 545 g/mol. The number of halogens is 1. The highest BCUT2D eigenvalue weighted by atomic mass is 19.1. The first kappa shape index (κ1) is 30.1. The minimum Gasteiger partial charge on any atom is -0.339 e. The number of anilines is 3. The number of rotatable bonds is 5. The first-order valence-electron chi connectivity index (χ1n) is 13.6. The van der Waals surface area contributed by atoms with Crippen molar-refractivity contribution >= 4 is 40.3 Å². The molecule has 0 aliphatic heterocycles. The molecule has 9 heteroatoms. The Hall–Kier alpha value is -4.40. The molecule has 0 atom stereocenters. The molecule has 8 nitrogen and oxygen atoms in total. The van der Waals surface area contributed by atoms with Gasteiger partial charge in [0.2, 0.25) is 5.91 Å². The van der Waals surface area contributed by atoms with Gasteiger partial charge in [0.05, 0.1) is 22.3 Å². The minimum atomic E-state index is -0.512. The molecule has 1 aliphatic rings. The topological polar surface area (TPSA) is 117 Å². The Kier molecular flexibility index (Phi) is 11.1. The Morgan fingerprint density at radius 2 is 1.80 bits per heavy atom. The Bertz CT molecular complexity index is 1500. The normalized spacial score (nSPS) is 12.8. The van der Waals surface area contributed by atoms with Gasteiger partial charge in [-0.1, -0.05) is 39.2 Å². The highest BCUT2D eigenvalue weighted by Gasteiger charge is 2.21. The predicted octanol–water partition coefficient (Wildman–Crippen LogP) is 6.93. The maximum Gasteiger partial charge on any atom is 0.259 e. The first-order valence-corrected chi connectivity index (χ1v) is 13.6. The summed E-state index contributed by atoms with van der Waals surface area (Å²) in [6.07, 6.45) is 8.99. The van der Waals surface area contributed by atoms with Crippen molar-refractivity contribution in [3.63, 3.8) is 0 Å². The van der Waals surface area contributed by atoms with E-state index in [0.29, 0.717) is 33.8 Å². The summed E-state index contributed by atoms with van der Waals surface area (Å²) in [6, 6.07) is 11.6. The smallest absolute Gasteiger partial charge is 0.259 e. The number of carbonyl (C=O) groups excluding carboxylic acids is 2. The summed E-state index contributed by atoms with van der Waals surface area (Å²) in [5.41, 5.74) is 2.64. The van der Waals surface area contributed by atoms with Crippen LogP contribution in [0, 0.1) is 18.7 Å². The lowest BCUT2D eigenvalue weighted by atomic mass is 9.88. The number of pyridine rings is 3. The third-order valence-electron chi connectivity index (χ3n) is 6.39. The maximum atomic E-state index is 15.2. The molecule has 1 aromatic carbocycles. The number of nitrogens with one attached hydrogen (secondary N) is 3. The molecule has 0 saturated heterocycles. The van der Waals surface area contributed by atoms with Gasteiger partial charge in [-0.15, -0.1) is 0 Å². The molecule has 3 N–H and O–H groups in total. The molecule has 0 unspecified atom stereocenters. The minimum absolute atomic E-state index is 0.0178. The zero-order chi connectivity index (χ0) is 29.1. The van der Waals surface area contributed by atoms with Gasteiger partial charge in [0.15, 0.2) is 0 Å². The molecule has 210 valence electrons. The number of aryl methyl sites for hydroxylation is 1. The third kappa shape index (κ3) is 7.59. The molecule has 1 saturated carbocycles. The second-order valence-electron chi connectivity index (χ2n) is 9.22. The first-order chi connectivity index (χ1) is 19.4. The molecule has 1 amide bonds. The molecule has 1 aliphatic carbocycles. The number of amides is 1. The van der Waals surface area contributed by atoms with Crippen molar-refractivity contribution in [1.82, 2.24) is 15.0 Å². The van der Waals surface area contributed by atoms with E-state index in [2.05, 4.69) is 25.6 Å². The van der Waals surface area contributed by atoms with Crippen molar-refractivity contribution in [2.75, 3.05) is 10.6 Å². The average molecular weight is 546 g/mol. The standard InChI is InChI=1S/C27H26FN5O2.C2H4O.C2H6/c1-16-7-10-24(30-15-16)33-23-14-22(32-21-11-12-29-27(35)25(21)23)19-9-8-18(13-20(19)28)31-26(34)17-5-3-2-4-6-17;1-2-3;1-2/h7-15,17H,2-6H2,1H3,(H,29,35)(H,31,34)(H,30,32,33);2H,1H3;1-2H3. The van der Waals surface area contributed by atoms with Gasteiger partial charge in [-0.2, -0.15) is 0 Å². The van der Waals surface area contributed by atoms with Crippen molar-refractivity contribution in [1.29, 1.82) is 0 Å². The van der Waals surface area contributed by atoms with Crippen LogP contribution in [0.25, 0.3) is 22.2 Å². The van der Waals surface area contributed by atoms with Crippen LogP contribution in [0.1, 0.15) is 58.4 Å². The highest BCUT2D eigenvalue weighted by Crippen LogP contribution is 2.31. The molecule has 3 aromatic heterocycles. The van der Waals surface area contributed by atoms with Gasteiger partial charge in [-0.25, -0.2) is 14.4 Å². The molecule has 0 spiro atoms. The molecule has 3 heterocycles. The number of nitrogens with zero attached hydrogens (tertiary/aromatic N) is 2. The largest absolute Gasteiger partial charge is 0.339 e. The van der Waals surface area contributed by atoms with Crippen LogP contribution in [0.4, 0.5) is 21.6 Å². The average Bonchev–Trinajstić information content (AvgIpc) is 2.96. The lowest BCUT2D eigenvalue weighted by Crippen LogP contribution is -2.24. The van der Waals surface area contributed by atoms with E-state index >= 15 is 4.39 Å². The summed E-state index contributed by atoms with van der Waals surface area (Å²) in [6.45, 7) is 7.38. The van der Waals surface area contributed by atoms with Crippen LogP contribution in [-0.4, -0.2) is 27.1 Å². The van der Waals surface area contributed by atoms with Gasteiger partial charge >= 0.3 is 0 Å². The molecule has 0 bridgehead atoms. The second kappa shape index (κ2) is 14.7. The van der Waals surface area contributed by atoms with Gasteiger partial charge in [-0.05, 0) is 68.7 Å². The van der Waals surface area contributed by atoms with Crippen LogP contribution in [0.2, 0.25) is 0 Å². The fourth-order valence-corrected chi connectivity index (χ4v) is 4.52. The number of hydrogen-bond donors (Lipinski definition) is 3. The molecule has 5 rings (SSSR count). The molecular formula is C31H36FN5O3. The van der Waals surface area contributed by atoms with E-state index in [1.165, 1.54) is 19.2 Å². The lowest BCUT2D eigenvalue weighted by Gasteiger charge is -2.20. The predicted molar refractivity (Wildman–Crippen MR) is 158 cm³/mol. The second-order valence-corrected chi connectivity index (χ2v) is 9.22. The van der Waals surface area contributed by atoms with Crippen molar-refractivity contribution in [3.05, 3.63) is 76.6 Å². The maximum absolute atomic E-state index is 15.2. The summed E-state index contributed by atoms with van der Waals surface area (Å²) >= 11 is 0. The number of aldehydes is 1. The van der Waals surface area contributed by atoms with E-state index in [1.807, 2.05) is 32.9 Å². The fourth-order valence-electron chi connectivity index (χ4n) is 4.52. The van der Waals surface area contributed by atoms with Crippen LogP contribution in [0.15, 0.2) is 59.7 Å². The van der Waals surface area contributed by atoms with Crippen molar-refractivity contribution in [2.45, 2.75) is 59.8 Å². The Labute approximate surface area is 233 Å². The summed E-state index contributed by atoms with van der Waals surface area (Å²) in [4.78, 5) is 45.5. The number of aromatic nitrogens is 3. The van der Waals surface area contributed by atoms with E-state index in [9.17, 15) is 9.59 Å². The Balaban J connectivity index is 0.000000827. The quantitative estimate of drug-likeness (QED) is 0.234. The lowest BCUT2D eigenvalue weighted by molar-refractivity contribution is -0.120. The molecular weight excluding hydrogens is 509 g/mol. The molecule has 1 fully saturated rings. The third-order valence-corrected chi connectivity index (χ3v) is 6.39. The van der Waals surface area contributed by atoms with E-state index < -0.39 is 5.82 Å². The number of aromatic amines is 1. The van der Waals surface area contributed by atoms with Crippen LogP contribution in [0.5, 0.6) is 0 Å². The van der Waals surface area contributed by atoms with Crippen LogP contribution < -0.4 is 16.2 Å². The summed E-state index contributed by atoms with van der Waals surface area (Å²) in [5.74, 6) is -0.0335. The van der Waals surface area contributed by atoms with Gasteiger partial charge in [0.1, 0.15) is 17.9 Å². The summed E-state index contributed by atoms with van der Waals surface area (Å²) in [7, 11) is 0. The van der Waals surface area contributed by atoms with E-state index in [-0.39, 0.29) is 22.9 Å². The zero-order valence-electron chi connectivity index (χ0n) is 23.4. The number of fused-ring (bicyclic) bond motifs is 1. The van der Waals surface area contributed by atoms with Crippen LogP contribution >= 0.6 is 0 Å². The Morgan fingerprint density at radius 3 is 2.45 bits per heavy atom. The van der Waals surface area contributed by atoms with Crippen LogP contribution in [0.3, 0.4) is 0 Å². The highest BCUT2D eigenvalue weighted by molar-refractivity contribution is 5.95. The summed E-state index contributed by atoms with van der Waals surface area (Å²) in [5, 5.41) is 6.38.